The SMILES string of the molecule is Cc1cc(NC(=O)c2cc(-c3ccc(Cl)cc3)n[nH]2)ccc1Cl. The average Bonchev–Trinajstić information content (AvgIpc) is 3.02. The Hall–Kier alpha value is -2.30. The van der Waals surface area contributed by atoms with E-state index in [0.717, 1.165) is 11.1 Å². The van der Waals surface area contributed by atoms with Crippen LogP contribution in [0.2, 0.25) is 10.0 Å². The maximum absolute atomic E-state index is 12.3. The first-order chi connectivity index (χ1) is 11.0. The molecule has 0 aliphatic heterocycles. The molecule has 3 aromatic rings. The molecule has 0 saturated heterocycles. The highest BCUT2D eigenvalue weighted by atomic mass is 35.5. The summed E-state index contributed by atoms with van der Waals surface area (Å²) in [4.78, 5) is 12.3. The molecule has 2 aromatic carbocycles. The minimum atomic E-state index is -0.264. The van der Waals surface area contributed by atoms with E-state index >= 15 is 0 Å². The van der Waals surface area contributed by atoms with Gasteiger partial charge in [0.2, 0.25) is 0 Å². The third-order valence-electron chi connectivity index (χ3n) is 3.38. The highest BCUT2D eigenvalue weighted by Crippen LogP contribution is 2.22. The van der Waals surface area contributed by atoms with Crippen molar-refractivity contribution < 1.29 is 4.79 Å². The number of amides is 1. The molecule has 116 valence electrons. The van der Waals surface area contributed by atoms with Crippen LogP contribution in [-0.4, -0.2) is 16.1 Å². The number of anilines is 1. The lowest BCUT2D eigenvalue weighted by Crippen LogP contribution is -2.12. The molecule has 1 amide bonds. The van der Waals surface area contributed by atoms with Crippen LogP contribution in [-0.2, 0) is 0 Å². The zero-order valence-corrected chi connectivity index (χ0v) is 13.7. The van der Waals surface area contributed by atoms with Gasteiger partial charge in [0.25, 0.3) is 5.91 Å². The maximum atomic E-state index is 12.3. The number of aromatic nitrogens is 2. The number of nitrogens with one attached hydrogen (secondary N) is 2. The molecule has 1 heterocycles. The van der Waals surface area contributed by atoms with E-state index in [1.165, 1.54) is 0 Å². The predicted octanol–water partition coefficient (Wildman–Crippen LogP) is 4.94. The molecule has 0 saturated carbocycles. The summed E-state index contributed by atoms with van der Waals surface area (Å²) in [5.41, 5.74) is 3.52. The standard InChI is InChI=1S/C17H13Cl2N3O/c1-10-8-13(6-7-14(10)19)20-17(23)16-9-15(21-22-16)11-2-4-12(18)5-3-11/h2-9H,1H3,(H,20,23)(H,21,22). The first-order valence-corrected chi connectivity index (χ1v) is 7.67. The van der Waals surface area contributed by atoms with E-state index in [1.807, 2.05) is 25.1 Å². The first-order valence-electron chi connectivity index (χ1n) is 6.92. The Kier molecular flexibility index (Phi) is 4.37. The summed E-state index contributed by atoms with van der Waals surface area (Å²) < 4.78 is 0. The van der Waals surface area contributed by atoms with Crippen molar-refractivity contribution in [2.45, 2.75) is 6.92 Å². The number of hydrogen-bond acceptors (Lipinski definition) is 2. The van der Waals surface area contributed by atoms with E-state index < -0.39 is 0 Å². The number of H-pyrrole nitrogens is 1. The van der Waals surface area contributed by atoms with Gasteiger partial charge < -0.3 is 5.32 Å². The van der Waals surface area contributed by atoms with E-state index in [-0.39, 0.29) is 5.91 Å². The largest absolute Gasteiger partial charge is 0.321 e. The van der Waals surface area contributed by atoms with Crippen molar-refractivity contribution in [3.05, 3.63) is 69.8 Å². The van der Waals surface area contributed by atoms with Crippen molar-refractivity contribution in [1.82, 2.24) is 10.2 Å². The molecule has 6 heteroatoms. The Bertz CT molecular complexity index is 857. The number of carbonyl (C=O) groups is 1. The second-order valence-corrected chi connectivity index (χ2v) is 5.94. The number of nitrogens with zero attached hydrogens (tertiary/aromatic N) is 1. The van der Waals surface area contributed by atoms with Crippen molar-refractivity contribution in [1.29, 1.82) is 0 Å². The molecule has 0 aliphatic carbocycles. The number of benzene rings is 2. The molecule has 0 unspecified atom stereocenters. The van der Waals surface area contributed by atoms with Crippen LogP contribution < -0.4 is 5.32 Å². The minimum Gasteiger partial charge on any atom is -0.321 e. The van der Waals surface area contributed by atoms with Crippen LogP contribution in [0.5, 0.6) is 0 Å². The Morgan fingerprint density at radius 3 is 2.52 bits per heavy atom. The first kappa shape index (κ1) is 15.6. The van der Waals surface area contributed by atoms with Gasteiger partial charge in [0, 0.05) is 21.3 Å². The van der Waals surface area contributed by atoms with Crippen LogP contribution in [0.15, 0.2) is 48.5 Å². The van der Waals surface area contributed by atoms with Gasteiger partial charge >= 0.3 is 0 Å². The highest BCUT2D eigenvalue weighted by molar-refractivity contribution is 6.31. The van der Waals surface area contributed by atoms with Crippen LogP contribution >= 0.6 is 23.2 Å². The van der Waals surface area contributed by atoms with Crippen LogP contribution in [0.4, 0.5) is 5.69 Å². The summed E-state index contributed by atoms with van der Waals surface area (Å²) in [6, 6.07) is 14.3. The molecule has 0 fully saturated rings. The number of aromatic amines is 1. The van der Waals surface area contributed by atoms with Crippen molar-refractivity contribution >= 4 is 34.8 Å². The number of rotatable bonds is 3. The predicted molar refractivity (Wildman–Crippen MR) is 93.2 cm³/mol. The van der Waals surface area contributed by atoms with Gasteiger partial charge in [-0.05, 0) is 48.9 Å². The molecule has 1 aromatic heterocycles. The molecule has 2 N–H and O–H groups in total. The molecular formula is C17H13Cl2N3O. The van der Waals surface area contributed by atoms with Gasteiger partial charge in [-0.2, -0.15) is 5.10 Å². The summed E-state index contributed by atoms with van der Waals surface area (Å²) in [7, 11) is 0. The second kappa shape index (κ2) is 6.44. The number of hydrogen-bond donors (Lipinski definition) is 2. The van der Waals surface area contributed by atoms with Crippen molar-refractivity contribution in [3.63, 3.8) is 0 Å². The quantitative estimate of drug-likeness (QED) is 0.705. The monoisotopic (exact) mass is 345 g/mol. The highest BCUT2D eigenvalue weighted by Gasteiger charge is 2.11. The van der Waals surface area contributed by atoms with Gasteiger partial charge in [-0.1, -0.05) is 35.3 Å². The van der Waals surface area contributed by atoms with Gasteiger partial charge in [-0.15, -0.1) is 0 Å². The zero-order chi connectivity index (χ0) is 16.4. The summed E-state index contributed by atoms with van der Waals surface area (Å²) in [5, 5.41) is 11.0. The van der Waals surface area contributed by atoms with Crippen molar-refractivity contribution in [2.75, 3.05) is 5.32 Å². The molecular weight excluding hydrogens is 333 g/mol. The Labute approximate surface area is 143 Å². The molecule has 0 aliphatic rings. The van der Waals surface area contributed by atoms with Gasteiger partial charge in [-0.25, -0.2) is 0 Å². The maximum Gasteiger partial charge on any atom is 0.273 e. The molecule has 4 nitrogen and oxygen atoms in total. The van der Waals surface area contributed by atoms with E-state index in [4.69, 9.17) is 23.2 Å². The fourth-order valence-electron chi connectivity index (χ4n) is 2.13. The third-order valence-corrected chi connectivity index (χ3v) is 4.05. The normalized spacial score (nSPS) is 10.6. The fraction of sp³-hybridized carbons (Fsp3) is 0.0588. The Balaban J connectivity index is 1.78. The topological polar surface area (TPSA) is 57.8 Å². The minimum absolute atomic E-state index is 0.264. The van der Waals surface area contributed by atoms with E-state index in [9.17, 15) is 4.79 Å². The van der Waals surface area contributed by atoms with Crippen LogP contribution in [0.3, 0.4) is 0 Å². The molecule has 3 rings (SSSR count). The summed E-state index contributed by atoms with van der Waals surface area (Å²) in [6.45, 7) is 1.88. The van der Waals surface area contributed by atoms with Crippen molar-refractivity contribution in [3.8, 4) is 11.3 Å². The van der Waals surface area contributed by atoms with Gasteiger partial charge in [0.15, 0.2) is 0 Å². The summed E-state index contributed by atoms with van der Waals surface area (Å²) >= 11 is 11.8. The number of carbonyl (C=O) groups excluding carboxylic acids is 1. The summed E-state index contributed by atoms with van der Waals surface area (Å²) in [6.07, 6.45) is 0. The number of halogens is 2. The lowest BCUT2D eigenvalue weighted by Gasteiger charge is -2.05. The molecule has 0 radical (unpaired) electrons. The zero-order valence-electron chi connectivity index (χ0n) is 12.2. The van der Waals surface area contributed by atoms with E-state index in [0.29, 0.717) is 27.1 Å². The second-order valence-electron chi connectivity index (χ2n) is 5.09. The molecule has 0 spiro atoms. The fourth-order valence-corrected chi connectivity index (χ4v) is 2.37. The van der Waals surface area contributed by atoms with Crippen LogP contribution in [0.1, 0.15) is 16.1 Å². The molecule has 0 atom stereocenters. The van der Waals surface area contributed by atoms with Gasteiger partial charge in [0.1, 0.15) is 5.69 Å². The Morgan fingerprint density at radius 2 is 1.83 bits per heavy atom. The number of aryl methyl sites for hydroxylation is 1. The van der Waals surface area contributed by atoms with Crippen molar-refractivity contribution in [2.24, 2.45) is 0 Å². The van der Waals surface area contributed by atoms with Crippen LogP contribution in [0.25, 0.3) is 11.3 Å². The summed E-state index contributed by atoms with van der Waals surface area (Å²) in [5.74, 6) is -0.264. The van der Waals surface area contributed by atoms with Crippen LogP contribution in [0, 0.1) is 6.92 Å². The third kappa shape index (κ3) is 3.55. The molecule has 0 bridgehead atoms. The smallest absolute Gasteiger partial charge is 0.273 e. The van der Waals surface area contributed by atoms with Gasteiger partial charge in [-0.3, -0.25) is 9.89 Å². The average molecular weight is 346 g/mol. The Morgan fingerprint density at radius 1 is 1.09 bits per heavy atom. The van der Waals surface area contributed by atoms with E-state index in [2.05, 4.69) is 15.5 Å². The van der Waals surface area contributed by atoms with Gasteiger partial charge in [0.05, 0.1) is 5.69 Å². The molecule has 23 heavy (non-hydrogen) atoms. The lowest BCUT2D eigenvalue weighted by atomic mass is 10.1. The lowest BCUT2D eigenvalue weighted by molar-refractivity contribution is 0.102. The van der Waals surface area contributed by atoms with E-state index in [1.54, 1.807) is 30.3 Å².